The highest BCUT2D eigenvalue weighted by atomic mass is 14.4. The summed E-state index contributed by atoms with van der Waals surface area (Å²) in [6, 6.07) is 9.06. The summed E-state index contributed by atoms with van der Waals surface area (Å²) >= 11 is 0. The van der Waals surface area contributed by atoms with Crippen LogP contribution in [0, 0.1) is 79.8 Å². The summed E-state index contributed by atoms with van der Waals surface area (Å²) in [5, 5.41) is 51.7. The van der Waals surface area contributed by atoms with Crippen molar-refractivity contribution in [2.24, 2.45) is 11.8 Å². The fourth-order valence-electron chi connectivity index (χ4n) is 0.876. The maximum atomic E-state index is 8.72. The molecule has 0 rings (SSSR count). The molecule has 0 bridgehead atoms. The average molecular weight is 206 g/mol. The van der Waals surface area contributed by atoms with Gasteiger partial charge in [-0.2, -0.15) is 31.6 Å². The molecule has 0 N–H and O–H groups in total. The molecule has 0 amide bonds. The molecule has 0 spiro atoms. The molecule has 0 aliphatic heterocycles. The van der Waals surface area contributed by atoms with Gasteiger partial charge in [0.1, 0.15) is 0 Å². The third-order valence-corrected chi connectivity index (χ3v) is 1.62. The minimum atomic E-state index is -1.44. The molecule has 16 heavy (non-hydrogen) atoms. The number of nitriles is 6. The maximum absolute atomic E-state index is 8.72. The van der Waals surface area contributed by atoms with E-state index < -0.39 is 23.0 Å². The number of hydrogen-bond acceptors (Lipinski definition) is 6. The van der Waals surface area contributed by atoms with Crippen LogP contribution in [0.15, 0.2) is 11.1 Å². The first-order valence-corrected chi connectivity index (χ1v) is 3.82. The quantitative estimate of drug-likeness (QED) is 0.607. The lowest BCUT2D eigenvalue weighted by molar-refractivity contribution is 0.951. The Hall–Kier alpha value is -3.32. The molecule has 0 saturated heterocycles. The van der Waals surface area contributed by atoms with Crippen molar-refractivity contribution < 1.29 is 0 Å². The van der Waals surface area contributed by atoms with Crippen molar-refractivity contribution in [1.82, 2.24) is 0 Å². The van der Waals surface area contributed by atoms with E-state index in [2.05, 4.69) is 0 Å². The van der Waals surface area contributed by atoms with Gasteiger partial charge < -0.3 is 0 Å². The Morgan fingerprint density at radius 3 is 0.938 bits per heavy atom. The summed E-state index contributed by atoms with van der Waals surface area (Å²) in [4.78, 5) is 0. The van der Waals surface area contributed by atoms with Gasteiger partial charge in [0.25, 0.3) is 0 Å². The third kappa shape index (κ3) is 2.34. The minimum absolute atomic E-state index is 0.444. The molecule has 6 heteroatoms. The fourth-order valence-corrected chi connectivity index (χ4v) is 0.876. The maximum Gasteiger partial charge on any atom is 0.169 e. The van der Waals surface area contributed by atoms with E-state index in [4.69, 9.17) is 31.6 Å². The first kappa shape index (κ1) is 12.7. The zero-order chi connectivity index (χ0) is 12.6. The van der Waals surface area contributed by atoms with Gasteiger partial charge in [0.15, 0.2) is 11.8 Å². The Morgan fingerprint density at radius 2 is 0.812 bits per heavy atom. The number of rotatable bonds is 2. The number of hydrogen-bond donors (Lipinski definition) is 0. The molecule has 72 valence electrons. The van der Waals surface area contributed by atoms with Crippen LogP contribution in [-0.2, 0) is 0 Å². The fraction of sp³-hybridized carbons (Fsp3) is 0.200. The van der Waals surface area contributed by atoms with Crippen LogP contribution in [0.25, 0.3) is 0 Å². The van der Waals surface area contributed by atoms with Gasteiger partial charge in [0.05, 0.1) is 47.6 Å². The van der Waals surface area contributed by atoms with Crippen LogP contribution in [0.4, 0.5) is 0 Å². The molecule has 0 unspecified atom stereocenters. The van der Waals surface area contributed by atoms with Crippen molar-refractivity contribution >= 4 is 0 Å². The van der Waals surface area contributed by atoms with Crippen molar-refractivity contribution in [2.75, 3.05) is 0 Å². The van der Waals surface area contributed by atoms with Crippen LogP contribution in [0.3, 0.4) is 0 Å². The van der Waals surface area contributed by atoms with E-state index in [-0.39, 0.29) is 0 Å². The number of allylic oxidation sites excluding steroid dienone is 2. The predicted octanol–water partition coefficient (Wildman–Crippen LogP) is 0.657. The highest BCUT2D eigenvalue weighted by molar-refractivity contribution is 5.48. The Labute approximate surface area is 91.7 Å². The molecule has 0 radical (unpaired) electrons. The summed E-state index contributed by atoms with van der Waals surface area (Å²) in [7, 11) is 0. The van der Waals surface area contributed by atoms with Crippen LogP contribution in [0.5, 0.6) is 0 Å². The first-order chi connectivity index (χ1) is 7.69. The van der Waals surface area contributed by atoms with Crippen LogP contribution >= 0.6 is 0 Å². The van der Waals surface area contributed by atoms with Gasteiger partial charge in [0, 0.05) is 0 Å². The number of nitrogens with zero attached hydrogens (tertiary/aromatic N) is 6. The SMILES string of the molecule is N#CC(=C(C#N)C(C#N)C#N)C(C#N)C#N. The second-order valence-electron chi connectivity index (χ2n) is 2.43. The average Bonchev–Trinajstić information content (AvgIpc) is 2.33. The summed E-state index contributed by atoms with van der Waals surface area (Å²) < 4.78 is 0. The van der Waals surface area contributed by atoms with Crippen molar-refractivity contribution in [3.8, 4) is 36.4 Å². The summed E-state index contributed by atoms with van der Waals surface area (Å²) in [6.45, 7) is 0. The van der Waals surface area contributed by atoms with Crippen LogP contribution in [0.2, 0.25) is 0 Å². The topological polar surface area (TPSA) is 143 Å². The molecule has 0 aromatic carbocycles. The molecule has 0 aliphatic carbocycles. The normalized spacial score (nSPS) is 9.75. The third-order valence-electron chi connectivity index (χ3n) is 1.62. The van der Waals surface area contributed by atoms with Crippen molar-refractivity contribution in [3.63, 3.8) is 0 Å². The molecule has 0 saturated carbocycles. The minimum Gasteiger partial charge on any atom is -0.196 e. The standard InChI is InChI=1S/C10H2N6/c11-1-7(2-12)9(5-15)10(6-16)8(3-13)4-14/h7-8H. The van der Waals surface area contributed by atoms with E-state index in [9.17, 15) is 0 Å². The lowest BCUT2D eigenvalue weighted by atomic mass is 9.91. The van der Waals surface area contributed by atoms with E-state index in [1.807, 2.05) is 0 Å². The van der Waals surface area contributed by atoms with E-state index in [1.165, 1.54) is 36.4 Å². The summed E-state index contributed by atoms with van der Waals surface area (Å²) in [6.07, 6.45) is 0. The molecule has 0 fully saturated rings. The van der Waals surface area contributed by atoms with Crippen molar-refractivity contribution in [3.05, 3.63) is 11.1 Å². The summed E-state index contributed by atoms with van der Waals surface area (Å²) in [5.41, 5.74) is -0.888. The van der Waals surface area contributed by atoms with E-state index in [0.29, 0.717) is 0 Å². The lowest BCUT2D eigenvalue weighted by Crippen LogP contribution is -2.06. The van der Waals surface area contributed by atoms with Crippen molar-refractivity contribution in [2.45, 2.75) is 0 Å². The van der Waals surface area contributed by atoms with Gasteiger partial charge in [-0.1, -0.05) is 0 Å². The smallest absolute Gasteiger partial charge is 0.169 e. The Bertz CT molecular complexity index is 477. The molecular formula is C10H2N6. The Kier molecular flexibility index (Phi) is 4.90. The Morgan fingerprint density at radius 1 is 0.562 bits per heavy atom. The molecule has 0 atom stereocenters. The monoisotopic (exact) mass is 206 g/mol. The van der Waals surface area contributed by atoms with Gasteiger partial charge in [-0.3, -0.25) is 0 Å². The van der Waals surface area contributed by atoms with Crippen LogP contribution < -0.4 is 0 Å². The Balaban J connectivity index is 5.87. The molecule has 0 heterocycles. The summed E-state index contributed by atoms with van der Waals surface area (Å²) in [5.74, 6) is -2.88. The van der Waals surface area contributed by atoms with Gasteiger partial charge >= 0.3 is 0 Å². The van der Waals surface area contributed by atoms with E-state index in [1.54, 1.807) is 0 Å². The zero-order valence-electron chi connectivity index (χ0n) is 7.84. The van der Waals surface area contributed by atoms with Crippen molar-refractivity contribution in [1.29, 1.82) is 31.6 Å². The zero-order valence-corrected chi connectivity index (χ0v) is 7.84. The van der Waals surface area contributed by atoms with Crippen LogP contribution in [-0.4, -0.2) is 0 Å². The van der Waals surface area contributed by atoms with E-state index in [0.717, 1.165) is 0 Å². The highest BCUT2D eigenvalue weighted by Gasteiger charge is 2.24. The second kappa shape index (κ2) is 6.18. The van der Waals surface area contributed by atoms with Gasteiger partial charge in [0.2, 0.25) is 0 Å². The van der Waals surface area contributed by atoms with Gasteiger partial charge in [-0.25, -0.2) is 0 Å². The van der Waals surface area contributed by atoms with E-state index >= 15 is 0 Å². The lowest BCUT2D eigenvalue weighted by Gasteiger charge is -2.02. The molecular weight excluding hydrogens is 204 g/mol. The molecule has 0 aliphatic rings. The first-order valence-electron chi connectivity index (χ1n) is 3.82. The largest absolute Gasteiger partial charge is 0.196 e. The predicted molar refractivity (Wildman–Crippen MR) is 47.7 cm³/mol. The molecule has 0 aromatic rings. The molecule has 6 nitrogen and oxygen atoms in total. The van der Waals surface area contributed by atoms with Gasteiger partial charge in [-0.15, -0.1) is 0 Å². The molecule has 0 aromatic heterocycles. The van der Waals surface area contributed by atoms with Crippen LogP contribution in [0.1, 0.15) is 0 Å². The highest BCUT2D eigenvalue weighted by Crippen LogP contribution is 2.19. The second-order valence-corrected chi connectivity index (χ2v) is 2.43. The van der Waals surface area contributed by atoms with Gasteiger partial charge in [-0.05, 0) is 0 Å².